The summed E-state index contributed by atoms with van der Waals surface area (Å²) in [6.07, 6.45) is 1.75. The fourth-order valence-electron chi connectivity index (χ4n) is 3.67. The first kappa shape index (κ1) is 22.6. The van der Waals surface area contributed by atoms with Gasteiger partial charge in [0.2, 0.25) is 15.9 Å². The van der Waals surface area contributed by atoms with Crippen LogP contribution < -0.4 is 10.0 Å². The van der Waals surface area contributed by atoms with Gasteiger partial charge in [-0.1, -0.05) is 60.7 Å². The number of hydrogen-bond donors (Lipinski definition) is 2. The summed E-state index contributed by atoms with van der Waals surface area (Å²) < 4.78 is 29.4. The zero-order chi connectivity index (χ0) is 23.4. The molecule has 4 aromatic rings. The van der Waals surface area contributed by atoms with Gasteiger partial charge in [-0.2, -0.15) is 4.72 Å². The Bertz CT molecular complexity index is 1400. The van der Waals surface area contributed by atoms with Gasteiger partial charge in [-0.05, 0) is 55.2 Å². The van der Waals surface area contributed by atoms with E-state index in [1.807, 2.05) is 62.4 Å². The predicted octanol–water partition coefficient (Wildman–Crippen LogP) is 4.38. The Kier molecular flexibility index (Phi) is 6.53. The molecular weight excluding hydrogens is 434 g/mol. The van der Waals surface area contributed by atoms with Crippen LogP contribution >= 0.6 is 0 Å². The van der Waals surface area contributed by atoms with E-state index in [4.69, 9.17) is 0 Å². The number of amides is 1. The molecule has 168 valence electrons. The third kappa shape index (κ3) is 5.27. The molecule has 7 heteroatoms. The van der Waals surface area contributed by atoms with Crippen molar-refractivity contribution in [2.75, 3.05) is 5.32 Å². The molecular formula is C26H25N3O3S. The van der Waals surface area contributed by atoms with Crippen LogP contribution in [0.15, 0.2) is 90.0 Å². The average molecular weight is 460 g/mol. The number of pyridine rings is 1. The minimum atomic E-state index is -4.04. The lowest BCUT2D eigenvalue weighted by atomic mass is 10.1. The molecule has 0 radical (unpaired) electrons. The molecule has 4 rings (SSSR count). The van der Waals surface area contributed by atoms with Crippen molar-refractivity contribution in [2.24, 2.45) is 0 Å². The van der Waals surface area contributed by atoms with E-state index in [9.17, 15) is 13.2 Å². The van der Waals surface area contributed by atoms with Crippen molar-refractivity contribution in [3.63, 3.8) is 0 Å². The highest BCUT2D eigenvalue weighted by molar-refractivity contribution is 7.89. The normalized spacial score (nSPS) is 12.4. The van der Waals surface area contributed by atoms with Crippen LogP contribution in [0.1, 0.15) is 16.7 Å². The van der Waals surface area contributed by atoms with Gasteiger partial charge in [0.25, 0.3) is 0 Å². The van der Waals surface area contributed by atoms with Gasteiger partial charge in [-0.15, -0.1) is 0 Å². The first-order chi connectivity index (χ1) is 15.8. The Labute approximate surface area is 193 Å². The molecule has 0 saturated carbocycles. The van der Waals surface area contributed by atoms with Gasteiger partial charge < -0.3 is 5.32 Å². The highest BCUT2D eigenvalue weighted by Gasteiger charge is 2.28. The molecule has 0 unspecified atom stereocenters. The molecule has 0 spiro atoms. The minimum absolute atomic E-state index is 0.0400. The Hall–Kier alpha value is -3.55. The van der Waals surface area contributed by atoms with E-state index in [-0.39, 0.29) is 11.3 Å². The van der Waals surface area contributed by atoms with Crippen molar-refractivity contribution in [1.29, 1.82) is 0 Å². The lowest BCUT2D eigenvalue weighted by Gasteiger charge is -2.20. The van der Waals surface area contributed by atoms with Crippen LogP contribution in [0, 0.1) is 13.8 Å². The summed E-state index contributed by atoms with van der Waals surface area (Å²) in [7, 11) is -4.04. The quantitative estimate of drug-likeness (QED) is 0.429. The van der Waals surface area contributed by atoms with Gasteiger partial charge in [-0.25, -0.2) is 8.42 Å². The molecule has 1 aromatic heterocycles. The Morgan fingerprint density at radius 2 is 1.70 bits per heavy atom. The van der Waals surface area contributed by atoms with Gasteiger partial charge >= 0.3 is 0 Å². The summed E-state index contributed by atoms with van der Waals surface area (Å²) in [6, 6.07) is 22.6. The van der Waals surface area contributed by atoms with Crippen LogP contribution in [0.5, 0.6) is 0 Å². The Morgan fingerprint density at radius 1 is 0.939 bits per heavy atom. The standard InChI is InChI=1S/C26H25N3O3S/c1-18-13-14-19(2)22(16-18)28-26(30)23(17-20-8-4-3-5-9-20)29-33(31,32)24-12-6-10-21-11-7-15-27-25(21)24/h3-16,23,29H,17H2,1-2H3,(H,28,30)/t23-/m0/s1. The molecule has 0 fully saturated rings. The number of benzene rings is 3. The molecule has 0 aliphatic rings. The van der Waals surface area contributed by atoms with Crippen molar-refractivity contribution in [3.05, 3.63) is 102 Å². The fraction of sp³-hybridized carbons (Fsp3) is 0.154. The number of anilines is 1. The summed E-state index contributed by atoms with van der Waals surface area (Å²) in [6.45, 7) is 3.83. The molecule has 0 bridgehead atoms. The van der Waals surface area contributed by atoms with E-state index in [0.29, 0.717) is 16.6 Å². The van der Waals surface area contributed by atoms with Gasteiger partial charge in [0.15, 0.2) is 0 Å². The number of aromatic nitrogens is 1. The summed E-state index contributed by atoms with van der Waals surface area (Å²) in [4.78, 5) is 17.6. The molecule has 1 atom stereocenters. The van der Waals surface area contributed by atoms with E-state index in [1.54, 1.807) is 30.5 Å². The first-order valence-electron chi connectivity index (χ1n) is 10.6. The van der Waals surface area contributed by atoms with Crippen molar-refractivity contribution >= 4 is 32.5 Å². The molecule has 2 N–H and O–H groups in total. The van der Waals surface area contributed by atoms with Crippen LogP contribution in [0.25, 0.3) is 10.9 Å². The highest BCUT2D eigenvalue weighted by atomic mass is 32.2. The number of nitrogens with zero attached hydrogens (tertiary/aromatic N) is 1. The number of para-hydroxylation sites is 1. The maximum atomic E-state index is 13.4. The van der Waals surface area contributed by atoms with Crippen molar-refractivity contribution in [1.82, 2.24) is 9.71 Å². The van der Waals surface area contributed by atoms with Gasteiger partial charge in [-0.3, -0.25) is 9.78 Å². The third-order valence-electron chi connectivity index (χ3n) is 5.43. The van der Waals surface area contributed by atoms with Crippen LogP contribution in [0.4, 0.5) is 5.69 Å². The monoisotopic (exact) mass is 459 g/mol. The second-order valence-electron chi connectivity index (χ2n) is 8.00. The zero-order valence-corrected chi connectivity index (χ0v) is 19.3. The molecule has 0 aliphatic carbocycles. The molecule has 3 aromatic carbocycles. The van der Waals surface area contributed by atoms with Gasteiger partial charge in [0.1, 0.15) is 10.9 Å². The molecule has 33 heavy (non-hydrogen) atoms. The fourth-order valence-corrected chi connectivity index (χ4v) is 5.05. The smallest absolute Gasteiger partial charge is 0.243 e. The van der Waals surface area contributed by atoms with E-state index in [0.717, 1.165) is 16.7 Å². The summed E-state index contributed by atoms with van der Waals surface area (Å²) in [5.74, 6) is -0.427. The van der Waals surface area contributed by atoms with Gasteiger partial charge in [0, 0.05) is 17.3 Å². The maximum absolute atomic E-state index is 13.4. The van der Waals surface area contributed by atoms with Crippen molar-refractivity contribution in [3.8, 4) is 0 Å². The number of hydrogen-bond acceptors (Lipinski definition) is 4. The number of sulfonamides is 1. The number of carbonyl (C=O) groups is 1. The highest BCUT2D eigenvalue weighted by Crippen LogP contribution is 2.22. The van der Waals surface area contributed by atoms with Crippen LogP contribution in [0.2, 0.25) is 0 Å². The number of fused-ring (bicyclic) bond motifs is 1. The Balaban J connectivity index is 1.68. The number of nitrogens with one attached hydrogen (secondary N) is 2. The summed E-state index contributed by atoms with van der Waals surface area (Å²) in [5.41, 5.74) is 3.76. The van der Waals surface area contributed by atoms with Crippen LogP contribution in [-0.4, -0.2) is 25.4 Å². The zero-order valence-electron chi connectivity index (χ0n) is 18.4. The molecule has 1 amide bonds. The summed E-state index contributed by atoms with van der Waals surface area (Å²) in [5, 5.41) is 3.61. The number of aryl methyl sites for hydroxylation is 2. The molecule has 0 aliphatic heterocycles. The largest absolute Gasteiger partial charge is 0.324 e. The lowest BCUT2D eigenvalue weighted by Crippen LogP contribution is -2.45. The van der Waals surface area contributed by atoms with Crippen LogP contribution in [-0.2, 0) is 21.2 Å². The van der Waals surface area contributed by atoms with E-state index >= 15 is 0 Å². The van der Waals surface area contributed by atoms with Crippen molar-refractivity contribution < 1.29 is 13.2 Å². The topological polar surface area (TPSA) is 88.2 Å². The van der Waals surface area contributed by atoms with Crippen LogP contribution in [0.3, 0.4) is 0 Å². The summed E-state index contributed by atoms with van der Waals surface area (Å²) >= 11 is 0. The van der Waals surface area contributed by atoms with E-state index < -0.39 is 22.0 Å². The van der Waals surface area contributed by atoms with E-state index in [2.05, 4.69) is 15.0 Å². The second kappa shape index (κ2) is 9.52. The molecule has 1 heterocycles. The molecule has 6 nitrogen and oxygen atoms in total. The maximum Gasteiger partial charge on any atom is 0.243 e. The SMILES string of the molecule is Cc1ccc(C)c(NC(=O)[C@H](Cc2ccccc2)NS(=O)(=O)c2cccc3cccnc23)c1. The number of rotatable bonds is 7. The van der Waals surface area contributed by atoms with Crippen molar-refractivity contribution in [2.45, 2.75) is 31.2 Å². The molecule has 0 saturated heterocycles. The Morgan fingerprint density at radius 3 is 2.48 bits per heavy atom. The number of carbonyl (C=O) groups excluding carboxylic acids is 1. The minimum Gasteiger partial charge on any atom is -0.324 e. The second-order valence-corrected chi connectivity index (χ2v) is 9.68. The predicted molar refractivity (Wildman–Crippen MR) is 131 cm³/mol. The van der Waals surface area contributed by atoms with Gasteiger partial charge in [0.05, 0.1) is 5.52 Å². The van der Waals surface area contributed by atoms with E-state index in [1.165, 1.54) is 6.07 Å². The average Bonchev–Trinajstić information content (AvgIpc) is 2.81. The first-order valence-corrected chi connectivity index (χ1v) is 12.1. The lowest BCUT2D eigenvalue weighted by molar-refractivity contribution is -0.117. The third-order valence-corrected chi connectivity index (χ3v) is 6.94.